The second-order valence-electron chi connectivity index (χ2n) is 4.97. The van der Waals surface area contributed by atoms with Crippen molar-refractivity contribution < 1.29 is 26.9 Å². The lowest BCUT2D eigenvalue weighted by Gasteiger charge is -2.11. The predicted octanol–water partition coefficient (Wildman–Crippen LogP) is 2.60. The summed E-state index contributed by atoms with van der Waals surface area (Å²) in [6, 6.07) is 11.1. The SMILES string of the molecule is COc1cc(C=O)ccc1OCCOS(=O)(=O)c1ccc(C)cc1. The lowest BCUT2D eigenvalue weighted by molar-refractivity contribution is 0.112. The van der Waals surface area contributed by atoms with Crippen LogP contribution in [0.25, 0.3) is 0 Å². The number of methoxy groups -OCH3 is 1. The van der Waals surface area contributed by atoms with E-state index in [0.717, 1.165) is 5.56 Å². The van der Waals surface area contributed by atoms with E-state index in [2.05, 4.69) is 0 Å². The molecule has 0 unspecified atom stereocenters. The maximum absolute atomic E-state index is 12.0. The molecule has 2 aromatic carbocycles. The van der Waals surface area contributed by atoms with Gasteiger partial charge in [0.05, 0.1) is 12.0 Å². The Kier molecular flexibility index (Phi) is 5.94. The average Bonchev–Trinajstić information content (AvgIpc) is 2.59. The first-order valence-electron chi connectivity index (χ1n) is 7.18. The number of aldehydes is 1. The molecule has 0 bridgehead atoms. The van der Waals surface area contributed by atoms with Gasteiger partial charge in [-0.2, -0.15) is 8.42 Å². The molecule has 0 fully saturated rings. The van der Waals surface area contributed by atoms with Crippen molar-refractivity contribution in [2.75, 3.05) is 20.3 Å². The summed E-state index contributed by atoms with van der Waals surface area (Å²) in [4.78, 5) is 10.8. The third kappa shape index (κ3) is 4.56. The van der Waals surface area contributed by atoms with E-state index in [4.69, 9.17) is 13.7 Å². The molecule has 0 atom stereocenters. The Balaban J connectivity index is 1.93. The minimum absolute atomic E-state index is 0.0158. The summed E-state index contributed by atoms with van der Waals surface area (Å²) < 4.78 is 39.6. The highest BCUT2D eigenvalue weighted by atomic mass is 32.2. The van der Waals surface area contributed by atoms with Gasteiger partial charge in [-0.05, 0) is 37.3 Å². The van der Waals surface area contributed by atoms with Crippen LogP contribution < -0.4 is 9.47 Å². The van der Waals surface area contributed by atoms with Crippen LogP contribution in [0.2, 0.25) is 0 Å². The fraction of sp³-hybridized carbons (Fsp3) is 0.235. The van der Waals surface area contributed by atoms with Crippen molar-refractivity contribution in [3.8, 4) is 11.5 Å². The second-order valence-corrected chi connectivity index (χ2v) is 6.58. The molecule has 0 heterocycles. The van der Waals surface area contributed by atoms with E-state index in [1.807, 2.05) is 6.92 Å². The minimum atomic E-state index is -3.82. The number of carbonyl (C=O) groups is 1. The Morgan fingerprint density at radius 1 is 1.00 bits per heavy atom. The molecule has 7 heteroatoms. The maximum Gasteiger partial charge on any atom is 0.297 e. The number of rotatable bonds is 8. The fourth-order valence-electron chi connectivity index (χ4n) is 1.95. The van der Waals surface area contributed by atoms with Crippen LogP contribution in [0, 0.1) is 6.92 Å². The molecule has 0 spiro atoms. The molecule has 0 aliphatic heterocycles. The van der Waals surface area contributed by atoms with Gasteiger partial charge in [0.25, 0.3) is 10.1 Å². The molecule has 0 saturated heterocycles. The smallest absolute Gasteiger partial charge is 0.297 e. The molecule has 0 aliphatic rings. The van der Waals surface area contributed by atoms with Crippen LogP contribution in [-0.4, -0.2) is 35.0 Å². The van der Waals surface area contributed by atoms with Gasteiger partial charge >= 0.3 is 0 Å². The van der Waals surface area contributed by atoms with E-state index in [-0.39, 0.29) is 18.1 Å². The van der Waals surface area contributed by atoms with Gasteiger partial charge < -0.3 is 9.47 Å². The lowest BCUT2D eigenvalue weighted by atomic mass is 10.2. The quantitative estimate of drug-likeness (QED) is 0.414. The van der Waals surface area contributed by atoms with Crippen LogP contribution in [-0.2, 0) is 14.3 Å². The summed E-state index contributed by atoms with van der Waals surface area (Å²) in [6.07, 6.45) is 0.698. The van der Waals surface area contributed by atoms with Crippen LogP contribution in [0.3, 0.4) is 0 Å². The molecule has 2 aromatic rings. The Hall–Kier alpha value is -2.38. The van der Waals surface area contributed by atoms with Crippen molar-refractivity contribution in [3.63, 3.8) is 0 Å². The topological polar surface area (TPSA) is 78.9 Å². The van der Waals surface area contributed by atoms with Gasteiger partial charge in [0.2, 0.25) is 0 Å². The van der Waals surface area contributed by atoms with E-state index in [0.29, 0.717) is 23.3 Å². The van der Waals surface area contributed by atoms with Gasteiger partial charge in [-0.1, -0.05) is 17.7 Å². The first-order chi connectivity index (χ1) is 11.5. The van der Waals surface area contributed by atoms with E-state index in [9.17, 15) is 13.2 Å². The van der Waals surface area contributed by atoms with Crippen LogP contribution >= 0.6 is 0 Å². The van der Waals surface area contributed by atoms with E-state index in [1.54, 1.807) is 24.3 Å². The third-order valence-electron chi connectivity index (χ3n) is 3.21. The Bertz CT molecular complexity index is 796. The van der Waals surface area contributed by atoms with E-state index in [1.165, 1.54) is 25.3 Å². The summed E-state index contributed by atoms with van der Waals surface area (Å²) in [7, 11) is -2.36. The van der Waals surface area contributed by atoms with Crippen molar-refractivity contribution in [2.24, 2.45) is 0 Å². The zero-order valence-corrected chi connectivity index (χ0v) is 14.2. The molecule has 2 rings (SSSR count). The van der Waals surface area contributed by atoms with Gasteiger partial charge in [-0.3, -0.25) is 8.98 Å². The van der Waals surface area contributed by atoms with Gasteiger partial charge in [0, 0.05) is 5.56 Å². The average molecular weight is 350 g/mol. The summed E-state index contributed by atoms with van der Waals surface area (Å²) in [5.74, 6) is 0.792. The molecule has 6 nitrogen and oxygen atoms in total. The zero-order valence-electron chi connectivity index (χ0n) is 13.4. The summed E-state index contributed by atoms with van der Waals surface area (Å²) >= 11 is 0. The van der Waals surface area contributed by atoms with Gasteiger partial charge in [-0.15, -0.1) is 0 Å². The van der Waals surface area contributed by atoms with Crippen molar-refractivity contribution >= 4 is 16.4 Å². The molecule has 24 heavy (non-hydrogen) atoms. The Labute approximate surface area is 141 Å². The normalized spacial score (nSPS) is 11.1. The van der Waals surface area contributed by atoms with Crippen LogP contribution in [0.5, 0.6) is 11.5 Å². The standard InChI is InChI=1S/C17H18O6S/c1-13-3-6-15(7-4-13)24(19,20)23-10-9-22-16-8-5-14(12-18)11-17(16)21-2/h3-8,11-12H,9-10H2,1-2H3. The molecule has 0 aromatic heterocycles. The summed E-state index contributed by atoms with van der Waals surface area (Å²) in [6.45, 7) is 1.74. The van der Waals surface area contributed by atoms with Crippen LogP contribution in [0.4, 0.5) is 0 Å². The molecule has 128 valence electrons. The highest BCUT2D eigenvalue weighted by molar-refractivity contribution is 7.86. The largest absolute Gasteiger partial charge is 0.493 e. The molecule has 0 aliphatic carbocycles. The first-order valence-corrected chi connectivity index (χ1v) is 8.59. The highest BCUT2D eigenvalue weighted by Gasteiger charge is 2.15. The predicted molar refractivity (Wildman–Crippen MR) is 88.2 cm³/mol. The van der Waals surface area contributed by atoms with E-state index >= 15 is 0 Å². The van der Waals surface area contributed by atoms with Gasteiger partial charge in [0.1, 0.15) is 19.5 Å². The molecular weight excluding hydrogens is 332 g/mol. The highest BCUT2D eigenvalue weighted by Crippen LogP contribution is 2.27. The molecule has 0 saturated carbocycles. The van der Waals surface area contributed by atoms with Gasteiger partial charge in [0.15, 0.2) is 11.5 Å². The monoisotopic (exact) mass is 350 g/mol. The van der Waals surface area contributed by atoms with Crippen LogP contribution in [0.15, 0.2) is 47.4 Å². The maximum atomic E-state index is 12.0. The number of hydrogen-bond acceptors (Lipinski definition) is 6. The Morgan fingerprint density at radius 3 is 2.33 bits per heavy atom. The number of hydrogen-bond donors (Lipinski definition) is 0. The number of ether oxygens (including phenoxy) is 2. The van der Waals surface area contributed by atoms with Crippen molar-refractivity contribution in [2.45, 2.75) is 11.8 Å². The minimum Gasteiger partial charge on any atom is -0.493 e. The zero-order chi connectivity index (χ0) is 17.6. The molecule has 0 radical (unpaired) electrons. The van der Waals surface area contributed by atoms with Crippen LogP contribution in [0.1, 0.15) is 15.9 Å². The van der Waals surface area contributed by atoms with Gasteiger partial charge in [-0.25, -0.2) is 0 Å². The number of carbonyl (C=O) groups excluding carboxylic acids is 1. The fourth-order valence-corrected chi connectivity index (χ4v) is 2.84. The van der Waals surface area contributed by atoms with Crippen molar-refractivity contribution in [1.82, 2.24) is 0 Å². The molecule has 0 N–H and O–H groups in total. The summed E-state index contributed by atoms with van der Waals surface area (Å²) in [5.41, 5.74) is 1.42. The molecule has 0 amide bonds. The third-order valence-corrected chi connectivity index (χ3v) is 4.54. The lowest BCUT2D eigenvalue weighted by Crippen LogP contribution is -2.13. The molecular formula is C17H18O6S. The van der Waals surface area contributed by atoms with Crippen molar-refractivity contribution in [1.29, 1.82) is 0 Å². The summed E-state index contributed by atoms with van der Waals surface area (Å²) in [5, 5.41) is 0. The number of aryl methyl sites for hydroxylation is 1. The first kappa shape index (κ1) is 18.0. The Morgan fingerprint density at radius 2 is 1.71 bits per heavy atom. The van der Waals surface area contributed by atoms with Crippen molar-refractivity contribution in [3.05, 3.63) is 53.6 Å². The van der Waals surface area contributed by atoms with E-state index < -0.39 is 10.1 Å². The second kappa shape index (κ2) is 7.94. The number of benzene rings is 2.